The predicted molar refractivity (Wildman–Crippen MR) is 103 cm³/mol. The number of rotatable bonds is 6. The summed E-state index contributed by atoms with van der Waals surface area (Å²) in [6.07, 6.45) is 3.02. The van der Waals surface area contributed by atoms with Gasteiger partial charge in [-0.2, -0.15) is 0 Å². The van der Waals surface area contributed by atoms with Gasteiger partial charge in [-0.25, -0.2) is 4.79 Å². The second-order valence-corrected chi connectivity index (χ2v) is 7.26. The summed E-state index contributed by atoms with van der Waals surface area (Å²) in [4.78, 5) is 22.9. The molecule has 2 N–H and O–H groups in total. The molecule has 0 aromatic heterocycles. The van der Waals surface area contributed by atoms with E-state index in [1.165, 1.54) is 31.9 Å². The molecule has 26 heavy (non-hydrogen) atoms. The van der Waals surface area contributed by atoms with Crippen LogP contribution in [-0.4, -0.2) is 41.8 Å². The number of nitrogens with one attached hydrogen (secondary N) is 2. The molecule has 7 heteroatoms. The zero-order valence-electron chi connectivity index (χ0n) is 15.5. The lowest BCUT2D eigenvalue weighted by atomic mass is 9.88. The van der Waals surface area contributed by atoms with E-state index >= 15 is 0 Å². The van der Waals surface area contributed by atoms with Crippen LogP contribution in [0.5, 0.6) is 0 Å². The number of fused-ring (bicyclic) bond motifs is 1. The van der Waals surface area contributed by atoms with Crippen LogP contribution in [0.4, 0.5) is 0 Å². The van der Waals surface area contributed by atoms with Gasteiger partial charge in [0.05, 0.1) is 6.54 Å². The molecular formula is C19H26N2O4S. The van der Waals surface area contributed by atoms with Gasteiger partial charge < -0.3 is 20.1 Å². The van der Waals surface area contributed by atoms with E-state index in [-0.39, 0.29) is 6.61 Å². The maximum absolute atomic E-state index is 11.9. The zero-order valence-corrected chi connectivity index (χ0v) is 16.3. The standard InChI is InChI=1S/C19H26N2O4S/c1-13(22)25-19(2,3)17(23)24-11-10-20-18(26)21-16-9-8-14-6-4-5-7-15(14)12-16/h4-7,16H,8-12H2,1-3H3,(H2,20,21,26). The number of hydrogen-bond acceptors (Lipinski definition) is 5. The summed E-state index contributed by atoms with van der Waals surface area (Å²) in [7, 11) is 0. The molecule has 6 nitrogen and oxygen atoms in total. The molecule has 0 heterocycles. The van der Waals surface area contributed by atoms with Gasteiger partial charge in [-0.15, -0.1) is 0 Å². The molecular weight excluding hydrogens is 352 g/mol. The first-order valence-electron chi connectivity index (χ1n) is 8.76. The molecule has 0 fully saturated rings. The van der Waals surface area contributed by atoms with Crippen molar-refractivity contribution in [2.45, 2.75) is 51.7 Å². The van der Waals surface area contributed by atoms with Crippen LogP contribution in [0.3, 0.4) is 0 Å². The van der Waals surface area contributed by atoms with E-state index in [2.05, 4.69) is 34.9 Å². The van der Waals surface area contributed by atoms with E-state index in [1.54, 1.807) is 0 Å². The first-order valence-corrected chi connectivity index (χ1v) is 9.16. The molecule has 0 amide bonds. The number of benzene rings is 1. The Bertz CT molecular complexity index is 675. The van der Waals surface area contributed by atoms with Crippen molar-refractivity contribution < 1.29 is 19.1 Å². The van der Waals surface area contributed by atoms with Crippen LogP contribution in [0.25, 0.3) is 0 Å². The van der Waals surface area contributed by atoms with Crippen molar-refractivity contribution in [2.75, 3.05) is 13.2 Å². The lowest BCUT2D eigenvalue weighted by Crippen LogP contribution is -2.45. The van der Waals surface area contributed by atoms with Crippen molar-refractivity contribution in [3.05, 3.63) is 35.4 Å². The van der Waals surface area contributed by atoms with Crippen molar-refractivity contribution in [3.63, 3.8) is 0 Å². The SMILES string of the molecule is CC(=O)OC(C)(C)C(=O)OCCNC(=S)NC1CCc2ccccc2C1. The number of esters is 2. The highest BCUT2D eigenvalue weighted by Crippen LogP contribution is 2.20. The minimum absolute atomic E-state index is 0.138. The molecule has 0 saturated heterocycles. The van der Waals surface area contributed by atoms with Crippen LogP contribution in [0, 0.1) is 0 Å². The van der Waals surface area contributed by atoms with E-state index in [0.717, 1.165) is 19.3 Å². The number of thiocarbonyl (C=S) groups is 1. The molecule has 0 bridgehead atoms. The highest BCUT2D eigenvalue weighted by Gasteiger charge is 2.32. The Hall–Kier alpha value is -2.15. The summed E-state index contributed by atoms with van der Waals surface area (Å²) in [6, 6.07) is 8.76. The largest absolute Gasteiger partial charge is 0.461 e. The fourth-order valence-corrected chi connectivity index (χ4v) is 3.21. The Balaban J connectivity index is 1.67. The number of carbonyl (C=O) groups is 2. The lowest BCUT2D eigenvalue weighted by Gasteiger charge is -2.26. The normalized spacial score (nSPS) is 16.2. The highest BCUT2D eigenvalue weighted by molar-refractivity contribution is 7.80. The third kappa shape index (κ3) is 5.98. The van der Waals surface area contributed by atoms with Gasteiger partial charge in [0, 0.05) is 13.0 Å². The Labute approximate surface area is 159 Å². The first-order chi connectivity index (χ1) is 12.3. The lowest BCUT2D eigenvalue weighted by molar-refractivity contribution is -0.177. The predicted octanol–water partition coefficient (Wildman–Crippen LogP) is 1.89. The van der Waals surface area contributed by atoms with Gasteiger partial charge in [-0.05, 0) is 56.5 Å². The second kappa shape index (κ2) is 8.98. The van der Waals surface area contributed by atoms with Gasteiger partial charge in [0.1, 0.15) is 6.61 Å². The maximum atomic E-state index is 11.9. The summed E-state index contributed by atoms with van der Waals surface area (Å²) in [5.74, 6) is -1.11. The minimum Gasteiger partial charge on any atom is -0.461 e. The van der Waals surface area contributed by atoms with E-state index in [1.807, 2.05) is 0 Å². The van der Waals surface area contributed by atoms with Gasteiger partial charge in [0.2, 0.25) is 5.60 Å². The summed E-state index contributed by atoms with van der Waals surface area (Å²) in [5, 5.41) is 6.90. The Kier molecular flexibility index (Phi) is 6.97. The van der Waals surface area contributed by atoms with Crippen LogP contribution in [0.15, 0.2) is 24.3 Å². The molecule has 2 rings (SSSR count). The van der Waals surface area contributed by atoms with E-state index in [4.69, 9.17) is 21.7 Å². The fraction of sp³-hybridized carbons (Fsp3) is 0.526. The molecule has 0 aliphatic heterocycles. The third-order valence-electron chi connectivity index (χ3n) is 4.19. The monoisotopic (exact) mass is 378 g/mol. The Morgan fingerprint density at radius 3 is 2.65 bits per heavy atom. The molecule has 1 aliphatic carbocycles. The molecule has 1 aliphatic rings. The first kappa shape index (κ1) is 20.2. The average Bonchev–Trinajstić information content (AvgIpc) is 2.57. The van der Waals surface area contributed by atoms with Gasteiger partial charge in [0.25, 0.3) is 0 Å². The molecule has 1 atom stereocenters. The van der Waals surface area contributed by atoms with Crippen LogP contribution >= 0.6 is 12.2 Å². The van der Waals surface area contributed by atoms with Gasteiger partial charge >= 0.3 is 11.9 Å². The number of ether oxygens (including phenoxy) is 2. The second-order valence-electron chi connectivity index (χ2n) is 6.85. The topological polar surface area (TPSA) is 76.7 Å². The van der Waals surface area contributed by atoms with Gasteiger partial charge in [-0.3, -0.25) is 4.79 Å². The van der Waals surface area contributed by atoms with E-state index in [0.29, 0.717) is 17.7 Å². The summed E-state index contributed by atoms with van der Waals surface area (Å²) in [5.41, 5.74) is 1.48. The smallest absolute Gasteiger partial charge is 0.350 e. The van der Waals surface area contributed by atoms with Crippen LogP contribution in [-0.2, 0) is 31.9 Å². The Morgan fingerprint density at radius 2 is 1.96 bits per heavy atom. The molecule has 1 aromatic rings. The minimum atomic E-state index is -1.29. The summed E-state index contributed by atoms with van der Waals surface area (Å²) < 4.78 is 10.1. The number of hydrogen-bond donors (Lipinski definition) is 2. The molecule has 0 radical (unpaired) electrons. The van der Waals surface area contributed by atoms with Crippen LogP contribution in [0.2, 0.25) is 0 Å². The Morgan fingerprint density at radius 1 is 1.27 bits per heavy atom. The molecule has 1 aromatic carbocycles. The van der Waals surface area contributed by atoms with E-state index < -0.39 is 17.5 Å². The van der Waals surface area contributed by atoms with Gasteiger partial charge in [0.15, 0.2) is 5.11 Å². The number of aryl methyl sites for hydroxylation is 1. The molecule has 142 valence electrons. The third-order valence-corrected chi connectivity index (χ3v) is 4.46. The number of carbonyl (C=O) groups excluding carboxylic acids is 2. The zero-order chi connectivity index (χ0) is 19.2. The summed E-state index contributed by atoms with van der Waals surface area (Å²) >= 11 is 5.31. The van der Waals surface area contributed by atoms with Crippen molar-refractivity contribution >= 4 is 29.3 Å². The van der Waals surface area contributed by atoms with Crippen molar-refractivity contribution in [3.8, 4) is 0 Å². The van der Waals surface area contributed by atoms with Gasteiger partial charge in [-0.1, -0.05) is 24.3 Å². The molecule has 1 unspecified atom stereocenters. The summed E-state index contributed by atoms with van der Waals surface area (Å²) in [6.45, 7) is 4.77. The van der Waals surface area contributed by atoms with Crippen molar-refractivity contribution in [1.29, 1.82) is 0 Å². The quantitative estimate of drug-likeness (QED) is 0.445. The van der Waals surface area contributed by atoms with Crippen LogP contribution in [0.1, 0.15) is 38.3 Å². The highest BCUT2D eigenvalue weighted by atomic mass is 32.1. The van der Waals surface area contributed by atoms with Crippen LogP contribution < -0.4 is 10.6 Å². The van der Waals surface area contributed by atoms with E-state index in [9.17, 15) is 9.59 Å². The maximum Gasteiger partial charge on any atom is 0.350 e. The van der Waals surface area contributed by atoms with Crippen molar-refractivity contribution in [1.82, 2.24) is 10.6 Å². The molecule has 0 saturated carbocycles. The molecule has 0 spiro atoms. The fourth-order valence-electron chi connectivity index (χ4n) is 2.94. The van der Waals surface area contributed by atoms with Crippen molar-refractivity contribution in [2.24, 2.45) is 0 Å². The average molecular weight is 378 g/mol.